The molecule has 0 radical (unpaired) electrons. The minimum atomic E-state index is -3.79. The number of aromatic nitrogens is 1. The van der Waals surface area contributed by atoms with Crippen LogP contribution < -0.4 is 9.45 Å². The number of pyridine rings is 1. The molecule has 0 unspecified atom stereocenters. The maximum Gasteiger partial charge on any atom is 0.262 e. The Morgan fingerprint density at radius 3 is 2.35 bits per heavy atom. The van der Waals surface area contributed by atoms with Gasteiger partial charge in [-0.25, -0.2) is 8.42 Å². The Morgan fingerprint density at radius 1 is 0.885 bits per heavy atom. The fourth-order valence-electron chi connectivity index (χ4n) is 2.99. The molecule has 0 spiro atoms. The number of nitrogens with one attached hydrogen (secondary N) is 1. The van der Waals surface area contributed by atoms with E-state index in [0.717, 1.165) is 15.7 Å². The summed E-state index contributed by atoms with van der Waals surface area (Å²) in [7, 11) is -3.79. The fraction of sp³-hybridized carbons (Fsp3) is 0.0500. The Labute approximate surface area is 151 Å². The first-order valence-electron chi connectivity index (χ1n) is 8.09. The summed E-state index contributed by atoms with van der Waals surface area (Å²) in [6, 6.07) is 20.8. The number of benzene rings is 3. The lowest BCUT2D eigenvalue weighted by Crippen LogP contribution is -2.29. The van der Waals surface area contributed by atoms with Crippen molar-refractivity contribution in [3.05, 3.63) is 83.6 Å². The number of nitrogens with zero attached hydrogens (tertiary/aromatic N) is 1. The van der Waals surface area contributed by atoms with Crippen LogP contribution in [0.15, 0.2) is 77.7 Å². The Balaban J connectivity index is 1.89. The smallest absolute Gasteiger partial charge is 0.262 e. The van der Waals surface area contributed by atoms with Crippen LogP contribution in [-0.2, 0) is 10.0 Å². The average molecular weight is 364 g/mol. The van der Waals surface area contributed by atoms with Crippen molar-refractivity contribution in [1.82, 2.24) is 0 Å². The van der Waals surface area contributed by atoms with Crippen molar-refractivity contribution < 1.29 is 13.1 Å². The van der Waals surface area contributed by atoms with E-state index in [9.17, 15) is 13.6 Å². The van der Waals surface area contributed by atoms with Gasteiger partial charge >= 0.3 is 0 Å². The van der Waals surface area contributed by atoms with Crippen LogP contribution in [0.1, 0.15) is 5.56 Å². The molecule has 0 bridgehead atoms. The largest absolute Gasteiger partial charge is 0.618 e. The summed E-state index contributed by atoms with van der Waals surface area (Å²) < 4.78 is 28.7. The molecular formula is C20H16N2O3S. The summed E-state index contributed by atoms with van der Waals surface area (Å²) in [5, 5.41) is 14.3. The Morgan fingerprint density at radius 2 is 1.58 bits per heavy atom. The molecule has 6 heteroatoms. The van der Waals surface area contributed by atoms with Crippen LogP contribution in [0, 0.1) is 12.1 Å². The van der Waals surface area contributed by atoms with Crippen LogP contribution in [0.3, 0.4) is 0 Å². The molecule has 0 saturated carbocycles. The first-order chi connectivity index (χ1) is 12.5. The minimum absolute atomic E-state index is 0.151. The topological polar surface area (TPSA) is 73.1 Å². The second-order valence-corrected chi connectivity index (χ2v) is 7.84. The van der Waals surface area contributed by atoms with E-state index >= 15 is 0 Å². The van der Waals surface area contributed by atoms with Gasteiger partial charge in [-0.05, 0) is 43.3 Å². The van der Waals surface area contributed by atoms with Gasteiger partial charge in [0.05, 0.1) is 10.3 Å². The van der Waals surface area contributed by atoms with Crippen LogP contribution in [-0.4, -0.2) is 8.42 Å². The predicted octanol–water partition coefficient (Wildman–Crippen LogP) is 3.74. The lowest BCUT2D eigenvalue weighted by atomic mass is 10.1. The third-order valence-electron chi connectivity index (χ3n) is 4.31. The van der Waals surface area contributed by atoms with E-state index in [0.29, 0.717) is 16.4 Å². The van der Waals surface area contributed by atoms with Crippen LogP contribution in [0.2, 0.25) is 0 Å². The number of para-hydroxylation sites is 2. The number of hydrogen-bond acceptors (Lipinski definition) is 3. The summed E-state index contributed by atoms with van der Waals surface area (Å²) in [4.78, 5) is 0.151. The second kappa shape index (κ2) is 6.00. The number of hydrogen-bond donors (Lipinski definition) is 1. The van der Waals surface area contributed by atoms with E-state index in [2.05, 4.69) is 4.72 Å². The molecule has 0 fully saturated rings. The summed E-state index contributed by atoms with van der Waals surface area (Å²) in [6.07, 6.45) is 0. The average Bonchev–Trinajstić information content (AvgIpc) is 2.62. The monoisotopic (exact) mass is 364 g/mol. The molecule has 4 rings (SSSR count). The fourth-order valence-corrected chi connectivity index (χ4v) is 4.06. The molecule has 0 amide bonds. The van der Waals surface area contributed by atoms with E-state index in [1.54, 1.807) is 54.6 Å². The van der Waals surface area contributed by atoms with Crippen molar-refractivity contribution in [3.63, 3.8) is 0 Å². The van der Waals surface area contributed by atoms with Gasteiger partial charge in [-0.3, -0.25) is 4.72 Å². The lowest BCUT2D eigenvalue weighted by Gasteiger charge is -2.12. The quantitative estimate of drug-likeness (QED) is 0.342. The zero-order chi connectivity index (χ0) is 18.3. The van der Waals surface area contributed by atoms with Crippen molar-refractivity contribution in [3.8, 4) is 0 Å². The molecule has 1 aromatic heterocycles. The van der Waals surface area contributed by atoms with Gasteiger partial charge in [0.2, 0.25) is 11.0 Å². The van der Waals surface area contributed by atoms with E-state index in [1.807, 2.05) is 25.1 Å². The van der Waals surface area contributed by atoms with E-state index in [4.69, 9.17) is 0 Å². The number of fused-ring (bicyclic) bond motifs is 2. The molecule has 0 aliphatic carbocycles. The van der Waals surface area contributed by atoms with Gasteiger partial charge in [0.25, 0.3) is 10.0 Å². The maximum atomic E-state index is 12.9. The third kappa shape index (κ3) is 2.74. The summed E-state index contributed by atoms with van der Waals surface area (Å²) in [5.41, 5.74) is 2.01. The molecule has 1 N–H and O–H groups in total. The van der Waals surface area contributed by atoms with Crippen LogP contribution in [0.25, 0.3) is 21.8 Å². The van der Waals surface area contributed by atoms with Crippen molar-refractivity contribution in [2.75, 3.05) is 4.72 Å². The molecule has 0 aliphatic rings. The summed E-state index contributed by atoms with van der Waals surface area (Å²) in [5.74, 6) is 0. The molecule has 3 aromatic carbocycles. The molecular weight excluding hydrogens is 348 g/mol. The molecule has 0 atom stereocenters. The molecule has 130 valence electrons. The van der Waals surface area contributed by atoms with E-state index < -0.39 is 10.0 Å². The van der Waals surface area contributed by atoms with Crippen molar-refractivity contribution >= 4 is 37.5 Å². The number of sulfonamides is 1. The van der Waals surface area contributed by atoms with E-state index in [-0.39, 0.29) is 10.6 Å². The van der Waals surface area contributed by atoms with Crippen LogP contribution >= 0.6 is 0 Å². The minimum Gasteiger partial charge on any atom is -0.618 e. The highest BCUT2D eigenvalue weighted by molar-refractivity contribution is 7.92. The van der Waals surface area contributed by atoms with Gasteiger partial charge in [0.15, 0.2) is 0 Å². The highest BCUT2D eigenvalue weighted by Gasteiger charge is 2.20. The molecule has 0 saturated heterocycles. The first kappa shape index (κ1) is 16.4. The van der Waals surface area contributed by atoms with Crippen molar-refractivity contribution in [1.29, 1.82) is 0 Å². The number of aryl methyl sites for hydroxylation is 1. The molecule has 4 aromatic rings. The Kier molecular flexibility index (Phi) is 3.77. The zero-order valence-corrected chi connectivity index (χ0v) is 14.8. The third-order valence-corrected chi connectivity index (χ3v) is 5.69. The van der Waals surface area contributed by atoms with Gasteiger partial charge < -0.3 is 5.21 Å². The standard InChI is InChI=1S/C20H16N2O3S/c1-14-9-11-17(12-10-14)26(24,25)21-18-7-4-6-16-13-15-5-2-3-8-19(15)22(23)20(16)18/h2-13,21H,1H3. The molecule has 26 heavy (non-hydrogen) atoms. The van der Waals surface area contributed by atoms with Crippen molar-refractivity contribution in [2.45, 2.75) is 11.8 Å². The SMILES string of the molecule is Cc1ccc(S(=O)(=O)Nc2cccc3cc4ccccc4[n+]([O-])c23)cc1. The van der Waals surface area contributed by atoms with Gasteiger partial charge in [0.1, 0.15) is 5.69 Å². The second-order valence-electron chi connectivity index (χ2n) is 6.16. The Hall–Kier alpha value is -3.12. The highest BCUT2D eigenvalue weighted by Crippen LogP contribution is 2.26. The van der Waals surface area contributed by atoms with Gasteiger partial charge in [-0.1, -0.05) is 35.9 Å². The molecule has 0 aliphatic heterocycles. The Bertz CT molecular complexity index is 1230. The van der Waals surface area contributed by atoms with Gasteiger partial charge in [0, 0.05) is 11.5 Å². The first-order valence-corrected chi connectivity index (χ1v) is 9.57. The number of rotatable bonds is 3. The van der Waals surface area contributed by atoms with Crippen molar-refractivity contribution in [2.24, 2.45) is 0 Å². The van der Waals surface area contributed by atoms with Crippen LogP contribution in [0.4, 0.5) is 5.69 Å². The van der Waals surface area contributed by atoms with E-state index in [1.165, 1.54) is 0 Å². The predicted molar refractivity (Wildman–Crippen MR) is 102 cm³/mol. The molecule has 5 nitrogen and oxygen atoms in total. The zero-order valence-electron chi connectivity index (χ0n) is 14.0. The summed E-state index contributed by atoms with van der Waals surface area (Å²) in [6.45, 7) is 1.89. The van der Waals surface area contributed by atoms with Crippen LogP contribution in [0.5, 0.6) is 0 Å². The lowest BCUT2D eigenvalue weighted by molar-refractivity contribution is -0.547. The van der Waals surface area contributed by atoms with Gasteiger partial charge in [-0.2, -0.15) is 4.73 Å². The van der Waals surface area contributed by atoms with Gasteiger partial charge in [-0.15, -0.1) is 0 Å². The molecule has 1 heterocycles. The summed E-state index contributed by atoms with van der Waals surface area (Å²) >= 11 is 0. The normalized spacial score (nSPS) is 11.7. The maximum absolute atomic E-state index is 12.9. The number of anilines is 1. The highest BCUT2D eigenvalue weighted by atomic mass is 32.2.